The van der Waals surface area contributed by atoms with Crippen molar-refractivity contribution in [3.05, 3.63) is 88.6 Å². The number of benzene rings is 2. The molecule has 0 bridgehead atoms. The number of ether oxygens (including phenoxy) is 1. The molecule has 152 valence electrons. The molecule has 6 nitrogen and oxygen atoms in total. The number of hydrogen-bond donors (Lipinski definition) is 1. The summed E-state index contributed by atoms with van der Waals surface area (Å²) in [5, 5.41) is 3.61. The number of fused-ring (bicyclic) bond motifs is 1. The second-order valence-electron chi connectivity index (χ2n) is 6.31. The summed E-state index contributed by atoms with van der Waals surface area (Å²) < 4.78 is 30.8. The number of para-hydroxylation sites is 1. The average Bonchev–Trinajstić information content (AvgIpc) is 3.26. The molecule has 0 spiro atoms. The first-order valence-corrected chi connectivity index (χ1v) is 9.34. The molecule has 0 atom stereocenters. The van der Waals surface area contributed by atoms with E-state index in [9.17, 15) is 9.18 Å². The summed E-state index contributed by atoms with van der Waals surface area (Å²) in [6.07, 6.45) is 1.52. The van der Waals surface area contributed by atoms with Gasteiger partial charge in [0.2, 0.25) is 5.55 Å². The van der Waals surface area contributed by atoms with E-state index in [-0.39, 0.29) is 28.4 Å². The third-order valence-electron chi connectivity index (χ3n) is 4.34. The largest absolute Gasteiger partial charge is 0.493 e. The van der Waals surface area contributed by atoms with Gasteiger partial charge in [-0.25, -0.2) is 9.38 Å². The van der Waals surface area contributed by atoms with Crippen LogP contribution in [0.15, 0.2) is 74.7 Å². The van der Waals surface area contributed by atoms with E-state index in [1.165, 1.54) is 25.5 Å². The molecule has 0 unspecified atom stereocenters. The molecule has 1 amide bonds. The molecular formula is C22H16ClFN2O4. The van der Waals surface area contributed by atoms with Crippen LogP contribution in [0.5, 0.6) is 5.75 Å². The van der Waals surface area contributed by atoms with Crippen LogP contribution in [-0.2, 0) is 6.54 Å². The third-order valence-corrected chi connectivity index (χ3v) is 4.57. The highest BCUT2D eigenvalue weighted by Crippen LogP contribution is 2.26. The van der Waals surface area contributed by atoms with Gasteiger partial charge in [-0.15, -0.1) is 0 Å². The number of carbonyl (C=O) groups excluding carboxylic acids is 1. The van der Waals surface area contributed by atoms with Crippen molar-refractivity contribution < 1.29 is 22.8 Å². The van der Waals surface area contributed by atoms with Crippen LogP contribution < -0.4 is 15.6 Å². The number of halogens is 2. The number of amides is 1. The lowest BCUT2D eigenvalue weighted by Gasteiger charge is -2.08. The molecule has 1 N–H and O–H groups in total. The molecule has 4 rings (SSSR count). The maximum Gasteiger partial charge on any atom is 0.257 e. The van der Waals surface area contributed by atoms with Gasteiger partial charge in [0.1, 0.15) is 22.8 Å². The molecule has 0 aliphatic carbocycles. The van der Waals surface area contributed by atoms with E-state index in [0.29, 0.717) is 22.5 Å². The minimum Gasteiger partial charge on any atom is -0.493 e. The maximum atomic E-state index is 14.3. The van der Waals surface area contributed by atoms with Gasteiger partial charge < -0.3 is 18.9 Å². The van der Waals surface area contributed by atoms with Crippen LogP contribution in [0, 0.1) is 5.82 Å². The van der Waals surface area contributed by atoms with Gasteiger partial charge in [0.15, 0.2) is 11.3 Å². The molecule has 0 saturated heterocycles. The van der Waals surface area contributed by atoms with E-state index < -0.39 is 11.7 Å². The molecule has 0 radical (unpaired) electrons. The van der Waals surface area contributed by atoms with Gasteiger partial charge in [0, 0.05) is 10.4 Å². The van der Waals surface area contributed by atoms with Crippen molar-refractivity contribution in [2.45, 2.75) is 6.54 Å². The van der Waals surface area contributed by atoms with Crippen molar-refractivity contribution in [1.82, 2.24) is 5.32 Å². The van der Waals surface area contributed by atoms with Crippen molar-refractivity contribution in [2.75, 3.05) is 7.11 Å². The first-order valence-electron chi connectivity index (χ1n) is 8.96. The van der Waals surface area contributed by atoms with Crippen LogP contribution in [0.1, 0.15) is 16.1 Å². The van der Waals surface area contributed by atoms with Crippen LogP contribution in [0.3, 0.4) is 0 Å². The van der Waals surface area contributed by atoms with E-state index >= 15 is 0 Å². The molecule has 0 fully saturated rings. The fourth-order valence-electron chi connectivity index (χ4n) is 2.89. The molecule has 2 aromatic heterocycles. The number of rotatable bonds is 5. The van der Waals surface area contributed by atoms with E-state index in [4.69, 9.17) is 25.2 Å². The summed E-state index contributed by atoms with van der Waals surface area (Å²) in [6.45, 7) is 0.177. The smallest absolute Gasteiger partial charge is 0.257 e. The van der Waals surface area contributed by atoms with Crippen molar-refractivity contribution >= 4 is 34.2 Å². The Morgan fingerprint density at radius 3 is 2.80 bits per heavy atom. The predicted octanol–water partition coefficient (Wildman–Crippen LogP) is 4.99. The Bertz CT molecular complexity index is 1280. The van der Waals surface area contributed by atoms with Crippen LogP contribution in [0.4, 0.5) is 10.1 Å². The summed E-state index contributed by atoms with van der Waals surface area (Å²) in [5.74, 6) is -0.0409. The van der Waals surface area contributed by atoms with Crippen LogP contribution in [0.2, 0.25) is 5.02 Å². The molecule has 0 aliphatic heterocycles. The van der Waals surface area contributed by atoms with Gasteiger partial charge in [-0.1, -0.05) is 23.7 Å². The lowest BCUT2D eigenvalue weighted by atomic mass is 10.1. The Morgan fingerprint density at radius 1 is 1.20 bits per heavy atom. The summed E-state index contributed by atoms with van der Waals surface area (Å²) in [7, 11) is 1.50. The number of nitrogens with one attached hydrogen (secondary N) is 1. The van der Waals surface area contributed by atoms with Gasteiger partial charge in [-0.05, 0) is 42.5 Å². The van der Waals surface area contributed by atoms with Crippen molar-refractivity contribution in [2.24, 2.45) is 4.99 Å². The predicted molar refractivity (Wildman–Crippen MR) is 109 cm³/mol. The van der Waals surface area contributed by atoms with Gasteiger partial charge >= 0.3 is 0 Å². The average molecular weight is 427 g/mol. The Hall–Kier alpha value is -3.58. The Kier molecular flexibility index (Phi) is 5.54. The monoisotopic (exact) mass is 426 g/mol. The number of nitrogens with zero attached hydrogens (tertiary/aromatic N) is 1. The van der Waals surface area contributed by atoms with E-state index in [1.54, 1.807) is 36.4 Å². The van der Waals surface area contributed by atoms with Gasteiger partial charge in [0.05, 0.1) is 19.9 Å². The summed E-state index contributed by atoms with van der Waals surface area (Å²) >= 11 is 5.81. The zero-order valence-corrected chi connectivity index (χ0v) is 16.6. The Balaban J connectivity index is 1.85. The van der Waals surface area contributed by atoms with Crippen molar-refractivity contribution in [1.29, 1.82) is 0 Å². The highest BCUT2D eigenvalue weighted by Gasteiger charge is 2.15. The topological polar surface area (TPSA) is 77.0 Å². The Labute approximate surface area is 175 Å². The zero-order valence-electron chi connectivity index (χ0n) is 15.8. The number of methoxy groups -OCH3 is 1. The second kappa shape index (κ2) is 8.42. The molecular weight excluding hydrogens is 411 g/mol. The van der Waals surface area contributed by atoms with E-state index in [2.05, 4.69) is 10.3 Å². The standard InChI is InChI=1S/C22H16ClFN2O4/c1-28-19-6-2-4-13-10-16(21(27)25-12-15-5-3-9-29-15)22(30-20(13)19)26-18-8-7-14(23)11-17(18)24/h2-11H,12H2,1H3,(H,25,27). The maximum absolute atomic E-state index is 14.3. The molecule has 30 heavy (non-hydrogen) atoms. The Morgan fingerprint density at radius 2 is 2.07 bits per heavy atom. The highest BCUT2D eigenvalue weighted by atomic mass is 35.5. The number of furan rings is 1. The van der Waals surface area contributed by atoms with Crippen LogP contribution in [-0.4, -0.2) is 13.0 Å². The third kappa shape index (κ3) is 4.06. The quantitative estimate of drug-likeness (QED) is 0.487. The SMILES string of the molecule is COc1cccc2cc(C(=O)NCc3ccco3)c(=Nc3ccc(Cl)cc3F)oc12. The zero-order chi connectivity index (χ0) is 21.1. The van der Waals surface area contributed by atoms with Crippen molar-refractivity contribution in [3.63, 3.8) is 0 Å². The summed E-state index contributed by atoms with van der Waals surface area (Å²) in [6, 6.07) is 14.4. The normalized spacial score (nSPS) is 11.6. The van der Waals surface area contributed by atoms with Gasteiger partial charge in [-0.3, -0.25) is 4.79 Å². The fourth-order valence-corrected chi connectivity index (χ4v) is 3.05. The van der Waals surface area contributed by atoms with Crippen LogP contribution >= 0.6 is 11.6 Å². The minimum absolute atomic E-state index is 0.0162. The second-order valence-corrected chi connectivity index (χ2v) is 6.75. The van der Waals surface area contributed by atoms with Gasteiger partial charge in [0.25, 0.3) is 5.91 Å². The van der Waals surface area contributed by atoms with Crippen molar-refractivity contribution in [3.8, 4) is 5.75 Å². The van der Waals surface area contributed by atoms with Gasteiger partial charge in [-0.2, -0.15) is 0 Å². The highest BCUT2D eigenvalue weighted by molar-refractivity contribution is 6.30. The van der Waals surface area contributed by atoms with E-state index in [1.807, 2.05) is 0 Å². The minimum atomic E-state index is -0.639. The summed E-state index contributed by atoms with van der Waals surface area (Å²) in [5.41, 5.74) is 0.440. The summed E-state index contributed by atoms with van der Waals surface area (Å²) in [4.78, 5) is 17.1. The number of hydrogen-bond acceptors (Lipinski definition) is 5. The first-order chi connectivity index (χ1) is 14.5. The molecule has 2 heterocycles. The molecule has 4 aromatic rings. The molecule has 8 heteroatoms. The van der Waals surface area contributed by atoms with Crippen LogP contribution in [0.25, 0.3) is 11.0 Å². The molecule has 0 aliphatic rings. The lowest BCUT2D eigenvalue weighted by molar-refractivity contribution is 0.0944. The van der Waals surface area contributed by atoms with E-state index in [0.717, 1.165) is 6.07 Å². The first kappa shape index (κ1) is 19.7. The lowest BCUT2D eigenvalue weighted by Crippen LogP contribution is -2.28. The fraction of sp³-hybridized carbons (Fsp3) is 0.0909. The molecule has 2 aromatic carbocycles. The molecule has 0 saturated carbocycles. The number of carbonyl (C=O) groups is 1.